The number of aromatic nitrogens is 3. The molecule has 0 bridgehead atoms. The van der Waals surface area contributed by atoms with Gasteiger partial charge in [-0.1, -0.05) is 6.07 Å². The second-order valence-electron chi connectivity index (χ2n) is 5.30. The van der Waals surface area contributed by atoms with Crippen molar-refractivity contribution in [1.82, 2.24) is 15.0 Å². The first-order valence-electron chi connectivity index (χ1n) is 7.50. The van der Waals surface area contributed by atoms with Gasteiger partial charge in [-0.25, -0.2) is 15.0 Å². The lowest BCUT2D eigenvalue weighted by Crippen LogP contribution is -2.46. The average molecular weight is 328 g/mol. The molecule has 4 heterocycles. The van der Waals surface area contributed by atoms with Crippen LogP contribution < -0.4 is 10.1 Å². The Morgan fingerprint density at radius 1 is 1.22 bits per heavy atom. The SMILES string of the molecule is c1ccc(O[C@@H]2CCOC[C@H]2Nc2ncnc3sccc23)nc1. The number of nitrogens with zero attached hydrogens (tertiary/aromatic N) is 3. The number of fused-ring (bicyclic) bond motifs is 1. The molecule has 0 aliphatic carbocycles. The van der Waals surface area contributed by atoms with E-state index in [4.69, 9.17) is 9.47 Å². The van der Waals surface area contributed by atoms with Crippen molar-refractivity contribution in [2.75, 3.05) is 18.5 Å². The average Bonchev–Trinajstić information content (AvgIpc) is 3.07. The number of hydrogen-bond acceptors (Lipinski definition) is 7. The number of rotatable bonds is 4. The number of pyridine rings is 1. The summed E-state index contributed by atoms with van der Waals surface area (Å²) in [7, 11) is 0. The molecule has 118 valence electrons. The Morgan fingerprint density at radius 3 is 3.13 bits per heavy atom. The molecule has 23 heavy (non-hydrogen) atoms. The zero-order valence-electron chi connectivity index (χ0n) is 12.4. The molecule has 1 saturated heterocycles. The Hall–Kier alpha value is -2.25. The number of thiophene rings is 1. The third-order valence-electron chi connectivity index (χ3n) is 3.79. The van der Waals surface area contributed by atoms with Crippen molar-refractivity contribution in [3.05, 3.63) is 42.2 Å². The van der Waals surface area contributed by atoms with Gasteiger partial charge in [0.1, 0.15) is 23.1 Å². The van der Waals surface area contributed by atoms with Crippen molar-refractivity contribution in [3.8, 4) is 5.88 Å². The van der Waals surface area contributed by atoms with Gasteiger partial charge in [-0.2, -0.15) is 0 Å². The van der Waals surface area contributed by atoms with Crippen LogP contribution in [0.4, 0.5) is 5.82 Å². The van der Waals surface area contributed by atoms with Crippen LogP contribution in [0.25, 0.3) is 10.2 Å². The van der Waals surface area contributed by atoms with Crippen LogP contribution in [-0.2, 0) is 4.74 Å². The first-order chi connectivity index (χ1) is 11.4. The van der Waals surface area contributed by atoms with E-state index in [0.29, 0.717) is 19.1 Å². The van der Waals surface area contributed by atoms with Crippen molar-refractivity contribution < 1.29 is 9.47 Å². The fourth-order valence-electron chi connectivity index (χ4n) is 2.65. The second-order valence-corrected chi connectivity index (χ2v) is 6.19. The van der Waals surface area contributed by atoms with E-state index in [9.17, 15) is 0 Å². The van der Waals surface area contributed by atoms with Crippen molar-refractivity contribution in [2.24, 2.45) is 0 Å². The van der Waals surface area contributed by atoms with Crippen LogP contribution in [0.1, 0.15) is 6.42 Å². The molecule has 1 fully saturated rings. The van der Waals surface area contributed by atoms with Crippen LogP contribution in [0.5, 0.6) is 5.88 Å². The maximum Gasteiger partial charge on any atom is 0.213 e. The number of nitrogens with one attached hydrogen (secondary N) is 1. The predicted octanol–water partition coefficient (Wildman–Crippen LogP) is 2.73. The molecule has 6 nitrogen and oxygen atoms in total. The molecule has 0 aromatic carbocycles. The van der Waals surface area contributed by atoms with Crippen LogP contribution in [-0.4, -0.2) is 40.3 Å². The standard InChI is InChI=1S/C16H16N4O2S/c1-2-6-17-14(3-1)22-13-4-7-21-9-12(13)20-15-11-5-8-23-16(11)19-10-18-15/h1-3,5-6,8,10,12-13H,4,7,9H2,(H,18,19,20)/t12-,13-/m1/s1. The van der Waals surface area contributed by atoms with Gasteiger partial charge in [0.25, 0.3) is 0 Å². The number of hydrogen-bond donors (Lipinski definition) is 1. The van der Waals surface area contributed by atoms with E-state index >= 15 is 0 Å². The largest absolute Gasteiger partial charge is 0.472 e. The molecule has 4 rings (SSSR count). The van der Waals surface area contributed by atoms with Gasteiger partial charge in [-0.3, -0.25) is 0 Å². The van der Waals surface area contributed by atoms with Crippen molar-refractivity contribution in [2.45, 2.75) is 18.6 Å². The number of ether oxygens (including phenoxy) is 2. The predicted molar refractivity (Wildman–Crippen MR) is 88.9 cm³/mol. The van der Waals surface area contributed by atoms with Gasteiger partial charge in [-0.15, -0.1) is 11.3 Å². The molecule has 0 saturated carbocycles. The lowest BCUT2D eigenvalue weighted by atomic mass is 10.1. The van der Waals surface area contributed by atoms with E-state index in [2.05, 4.69) is 20.3 Å². The summed E-state index contributed by atoms with van der Waals surface area (Å²) < 4.78 is 11.7. The first kappa shape index (κ1) is 14.3. The third-order valence-corrected chi connectivity index (χ3v) is 4.61. The molecule has 0 radical (unpaired) electrons. The fourth-order valence-corrected chi connectivity index (χ4v) is 3.38. The van der Waals surface area contributed by atoms with Gasteiger partial charge >= 0.3 is 0 Å². The minimum Gasteiger partial charge on any atom is -0.472 e. The molecule has 1 aliphatic rings. The van der Waals surface area contributed by atoms with Gasteiger partial charge in [0.05, 0.1) is 24.6 Å². The summed E-state index contributed by atoms with van der Waals surface area (Å²) >= 11 is 1.60. The summed E-state index contributed by atoms with van der Waals surface area (Å²) in [6.45, 7) is 1.26. The maximum absolute atomic E-state index is 6.04. The first-order valence-corrected chi connectivity index (χ1v) is 8.38. The minimum atomic E-state index is -0.0118. The van der Waals surface area contributed by atoms with Crippen molar-refractivity contribution >= 4 is 27.4 Å². The van der Waals surface area contributed by atoms with E-state index in [1.165, 1.54) is 0 Å². The minimum absolute atomic E-state index is 0.0118. The molecule has 0 amide bonds. The van der Waals surface area contributed by atoms with Gasteiger partial charge in [0.15, 0.2) is 0 Å². The van der Waals surface area contributed by atoms with E-state index < -0.39 is 0 Å². The molecule has 3 aromatic rings. The summed E-state index contributed by atoms with van der Waals surface area (Å²) in [4.78, 5) is 13.9. The second kappa shape index (κ2) is 6.47. The quantitative estimate of drug-likeness (QED) is 0.794. The van der Waals surface area contributed by atoms with Gasteiger partial charge < -0.3 is 14.8 Å². The summed E-state index contributed by atoms with van der Waals surface area (Å²) in [5.74, 6) is 1.45. The van der Waals surface area contributed by atoms with Crippen molar-refractivity contribution in [1.29, 1.82) is 0 Å². The molecule has 1 aliphatic heterocycles. The fraction of sp³-hybridized carbons (Fsp3) is 0.312. The molecular weight excluding hydrogens is 312 g/mol. The van der Waals surface area contributed by atoms with E-state index in [1.807, 2.05) is 29.6 Å². The molecule has 2 atom stereocenters. The third kappa shape index (κ3) is 3.11. The topological polar surface area (TPSA) is 69.2 Å². The Balaban J connectivity index is 1.55. The Morgan fingerprint density at radius 2 is 2.22 bits per heavy atom. The summed E-state index contributed by atoms with van der Waals surface area (Å²) in [6.07, 6.45) is 4.12. The van der Waals surface area contributed by atoms with Gasteiger partial charge in [0.2, 0.25) is 5.88 Å². The lowest BCUT2D eigenvalue weighted by molar-refractivity contribution is 0.0129. The van der Waals surface area contributed by atoms with E-state index in [0.717, 1.165) is 22.5 Å². The van der Waals surface area contributed by atoms with E-state index in [-0.39, 0.29) is 12.1 Å². The lowest BCUT2D eigenvalue weighted by Gasteiger charge is -2.32. The molecular formula is C16H16N4O2S. The summed E-state index contributed by atoms with van der Waals surface area (Å²) in [5.41, 5.74) is 0. The van der Waals surface area contributed by atoms with Crippen LogP contribution in [0, 0.1) is 0 Å². The number of anilines is 1. The van der Waals surface area contributed by atoms with Crippen molar-refractivity contribution in [3.63, 3.8) is 0 Å². The van der Waals surface area contributed by atoms with E-state index in [1.54, 1.807) is 23.9 Å². The zero-order chi connectivity index (χ0) is 15.5. The Labute approximate surface area is 137 Å². The van der Waals surface area contributed by atoms with Gasteiger partial charge in [0, 0.05) is 18.7 Å². The molecule has 3 aromatic heterocycles. The Kier molecular flexibility index (Phi) is 4.04. The zero-order valence-corrected chi connectivity index (χ0v) is 13.2. The monoisotopic (exact) mass is 328 g/mol. The highest BCUT2D eigenvalue weighted by Crippen LogP contribution is 2.26. The Bertz CT molecular complexity index is 780. The molecule has 7 heteroatoms. The van der Waals surface area contributed by atoms with Gasteiger partial charge in [-0.05, 0) is 17.5 Å². The molecule has 0 unspecified atom stereocenters. The van der Waals surface area contributed by atoms with Crippen LogP contribution in [0.2, 0.25) is 0 Å². The van der Waals surface area contributed by atoms with Crippen LogP contribution in [0.15, 0.2) is 42.2 Å². The van der Waals surface area contributed by atoms with Crippen LogP contribution in [0.3, 0.4) is 0 Å². The summed E-state index contributed by atoms with van der Waals surface area (Å²) in [5, 5.41) is 6.50. The maximum atomic E-state index is 6.04. The normalized spacial score (nSPS) is 21.2. The highest BCUT2D eigenvalue weighted by molar-refractivity contribution is 7.16. The molecule has 1 N–H and O–H groups in total. The summed E-state index contributed by atoms with van der Waals surface area (Å²) in [6, 6.07) is 7.71. The highest BCUT2D eigenvalue weighted by Gasteiger charge is 2.28. The smallest absolute Gasteiger partial charge is 0.213 e. The molecule has 0 spiro atoms. The highest BCUT2D eigenvalue weighted by atomic mass is 32.1. The van der Waals surface area contributed by atoms with Crippen LogP contribution >= 0.6 is 11.3 Å².